The summed E-state index contributed by atoms with van der Waals surface area (Å²) in [5.74, 6) is 0. The molecule has 33 valence electrons. The first-order valence-electron chi connectivity index (χ1n) is 2.11. The summed E-state index contributed by atoms with van der Waals surface area (Å²) < 4.78 is 0. The van der Waals surface area contributed by atoms with Crippen molar-refractivity contribution in [1.29, 1.82) is 0 Å². The zero-order valence-electron chi connectivity index (χ0n) is 3.76. The van der Waals surface area contributed by atoms with Crippen molar-refractivity contribution in [3.63, 3.8) is 0 Å². The molecule has 2 heteroatoms. The van der Waals surface area contributed by atoms with Crippen LogP contribution in [0.1, 0.15) is 13.3 Å². The van der Waals surface area contributed by atoms with Crippen molar-refractivity contribution in [3.8, 4) is 0 Å². The molecule has 0 saturated heterocycles. The SMILES string of the molecule is CC1CC=N[N]1. The average molecular weight is 83.1 g/mol. The monoisotopic (exact) mass is 83.1 g/mol. The van der Waals surface area contributed by atoms with Crippen LogP contribution < -0.4 is 5.43 Å². The van der Waals surface area contributed by atoms with E-state index in [-0.39, 0.29) is 0 Å². The average Bonchev–Trinajstić information content (AvgIpc) is 1.86. The van der Waals surface area contributed by atoms with E-state index in [0.29, 0.717) is 6.04 Å². The van der Waals surface area contributed by atoms with Crippen LogP contribution in [0.4, 0.5) is 0 Å². The van der Waals surface area contributed by atoms with Gasteiger partial charge in [-0.15, -0.1) is 0 Å². The van der Waals surface area contributed by atoms with E-state index in [2.05, 4.69) is 10.5 Å². The Kier molecular flexibility index (Phi) is 0.783. The lowest BCUT2D eigenvalue weighted by Gasteiger charge is -1.90. The molecular weight excluding hydrogens is 76.1 g/mol. The van der Waals surface area contributed by atoms with E-state index in [1.807, 2.05) is 13.1 Å². The molecule has 1 aliphatic rings. The predicted molar refractivity (Wildman–Crippen MR) is 24.7 cm³/mol. The minimum Gasteiger partial charge on any atom is -0.186 e. The van der Waals surface area contributed by atoms with Gasteiger partial charge in [0.25, 0.3) is 0 Å². The highest BCUT2D eigenvalue weighted by Crippen LogP contribution is 1.93. The first kappa shape index (κ1) is 3.65. The van der Waals surface area contributed by atoms with Crippen molar-refractivity contribution in [1.82, 2.24) is 5.43 Å². The summed E-state index contributed by atoms with van der Waals surface area (Å²) in [5.41, 5.74) is 3.81. The number of nitrogens with zero attached hydrogens (tertiary/aromatic N) is 2. The maximum Gasteiger partial charge on any atom is 0.0734 e. The van der Waals surface area contributed by atoms with Gasteiger partial charge in [0.05, 0.1) is 6.04 Å². The molecule has 0 saturated carbocycles. The molecule has 0 N–H and O–H groups in total. The minimum atomic E-state index is 0.449. The van der Waals surface area contributed by atoms with Crippen molar-refractivity contribution in [2.24, 2.45) is 5.10 Å². The molecule has 1 radical (unpaired) electrons. The second-order valence-corrected chi connectivity index (χ2v) is 1.50. The standard InChI is InChI=1S/C4H7N2/c1-4-2-3-5-6-4/h3-4H,2H2,1H3. The van der Waals surface area contributed by atoms with Gasteiger partial charge in [-0.25, -0.2) is 0 Å². The first-order chi connectivity index (χ1) is 2.89. The van der Waals surface area contributed by atoms with E-state index in [1.54, 1.807) is 0 Å². The van der Waals surface area contributed by atoms with Gasteiger partial charge in [-0.1, -0.05) is 0 Å². The fourth-order valence-corrected chi connectivity index (χ4v) is 0.408. The number of rotatable bonds is 0. The van der Waals surface area contributed by atoms with Gasteiger partial charge in [0, 0.05) is 12.6 Å². The number of hydrogen-bond donors (Lipinski definition) is 0. The second-order valence-electron chi connectivity index (χ2n) is 1.50. The van der Waals surface area contributed by atoms with E-state index in [0.717, 1.165) is 6.42 Å². The fraction of sp³-hybridized carbons (Fsp3) is 0.750. The van der Waals surface area contributed by atoms with Crippen LogP contribution in [0.25, 0.3) is 0 Å². The molecule has 0 aromatic carbocycles. The maximum absolute atomic E-state index is 3.81. The van der Waals surface area contributed by atoms with Gasteiger partial charge in [0.2, 0.25) is 0 Å². The normalized spacial score (nSPS) is 30.5. The van der Waals surface area contributed by atoms with Gasteiger partial charge >= 0.3 is 0 Å². The van der Waals surface area contributed by atoms with Crippen LogP contribution in [0.3, 0.4) is 0 Å². The summed E-state index contributed by atoms with van der Waals surface area (Å²) in [5, 5.41) is 3.66. The molecule has 1 heterocycles. The highest BCUT2D eigenvalue weighted by atomic mass is 15.3. The Balaban J connectivity index is 2.32. The molecule has 0 aromatic rings. The Bertz CT molecular complexity index is 59.9. The molecule has 0 spiro atoms. The molecule has 0 aromatic heterocycles. The highest BCUT2D eigenvalue weighted by molar-refractivity contribution is 5.59. The van der Waals surface area contributed by atoms with Crippen molar-refractivity contribution in [3.05, 3.63) is 0 Å². The van der Waals surface area contributed by atoms with Crippen LogP contribution in [0.2, 0.25) is 0 Å². The van der Waals surface area contributed by atoms with E-state index in [1.165, 1.54) is 0 Å². The van der Waals surface area contributed by atoms with Gasteiger partial charge in [-0.2, -0.15) is 10.5 Å². The van der Waals surface area contributed by atoms with Crippen LogP contribution in [0.5, 0.6) is 0 Å². The summed E-state index contributed by atoms with van der Waals surface area (Å²) in [6.45, 7) is 2.05. The van der Waals surface area contributed by atoms with Crippen LogP contribution in [0.15, 0.2) is 5.10 Å². The zero-order valence-corrected chi connectivity index (χ0v) is 3.76. The molecule has 1 rings (SSSR count). The van der Waals surface area contributed by atoms with Crippen LogP contribution >= 0.6 is 0 Å². The van der Waals surface area contributed by atoms with E-state index >= 15 is 0 Å². The fourth-order valence-electron chi connectivity index (χ4n) is 0.408. The van der Waals surface area contributed by atoms with Crippen molar-refractivity contribution >= 4 is 6.21 Å². The summed E-state index contributed by atoms with van der Waals surface area (Å²) in [7, 11) is 0. The van der Waals surface area contributed by atoms with Gasteiger partial charge in [0.15, 0.2) is 0 Å². The van der Waals surface area contributed by atoms with Crippen LogP contribution in [-0.4, -0.2) is 12.3 Å². The number of hydrogen-bond acceptors (Lipinski definition) is 1. The van der Waals surface area contributed by atoms with Crippen LogP contribution in [0, 0.1) is 0 Å². The third-order valence-corrected chi connectivity index (χ3v) is 0.792. The first-order valence-corrected chi connectivity index (χ1v) is 2.11. The Morgan fingerprint density at radius 1 is 1.83 bits per heavy atom. The molecule has 0 fully saturated rings. The predicted octanol–water partition coefficient (Wildman–Crippen LogP) is 0.369. The van der Waals surface area contributed by atoms with Crippen molar-refractivity contribution < 1.29 is 0 Å². The Morgan fingerprint density at radius 2 is 2.67 bits per heavy atom. The quantitative estimate of drug-likeness (QED) is 0.404. The summed E-state index contributed by atoms with van der Waals surface area (Å²) in [4.78, 5) is 0. The van der Waals surface area contributed by atoms with Crippen molar-refractivity contribution in [2.75, 3.05) is 0 Å². The lowest BCUT2D eigenvalue weighted by atomic mass is 10.3. The lowest BCUT2D eigenvalue weighted by Crippen LogP contribution is -2.04. The largest absolute Gasteiger partial charge is 0.186 e. The highest BCUT2D eigenvalue weighted by Gasteiger charge is 2.02. The van der Waals surface area contributed by atoms with Crippen molar-refractivity contribution in [2.45, 2.75) is 19.4 Å². The Morgan fingerprint density at radius 3 is 2.83 bits per heavy atom. The third kappa shape index (κ3) is 0.506. The summed E-state index contributed by atoms with van der Waals surface area (Å²) in [6, 6.07) is 0.449. The Hall–Kier alpha value is -0.530. The molecule has 0 amide bonds. The lowest BCUT2D eigenvalue weighted by molar-refractivity contribution is 0.622. The molecule has 0 bridgehead atoms. The van der Waals surface area contributed by atoms with Gasteiger partial charge in [-0.05, 0) is 6.92 Å². The summed E-state index contributed by atoms with van der Waals surface area (Å²) in [6.07, 6.45) is 2.87. The van der Waals surface area contributed by atoms with Gasteiger partial charge in [0.1, 0.15) is 0 Å². The molecular formula is C4H7N2. The molecule has 0 aliphatic carbocycles. The molecule has 1 atom stereocenters. The maximum atomic E-state index is 3.81. The van der Waals surface area contributed by atoms with E-state index < -0.39 is 0 Å². The summed E-state index contributed by atoms with van der Waals surface area (Å²) >= 11 is 0. The molecule has 1 aliphatic heterocycles. The van der Waals surface area contributed by atoms with E-state index in [4.69, 9.17) is 0 Å². The zero-order chi connectivity index (χ0) is 4.41. The third-order valence-electron chi connectivity index (χ3n) is 0.792. The smallest absolute Gasteiger partial charge is 0.0734 e. The van der Waals surface area contributed by atoms with E-state index in [9.17, 15) is 0 Å². The second kappa shape index (κ2) is 1.29. The van der Waals surface area contributed by atoms with Gasteiger partial charge < -0.3 is 0 Å². The van der Waals surface area contributed by atoms with Gasteiger partial charge in [-0.3, -0.25) is 0 Å². The molecule has 2 nitrogen and oxygen atoms in total. The topological polar surface area (TPSA) is 26.5 Å². The van der Waals surface area contributed by atoms with Crippen LogP contribution in [-0.2, 0) is 0 Å². The molecule has 1 unspecified atom stereocenters. The minimum absolute atomic E-state index is 0.449. The Labute approximate surface area is 37.2 Å². The molecule has 6 heavy (non-hydrogen) atoms.